The zero-order valence-corrected chi connectivity index (χ0v) is 10.5. The van der Waals surface area contributed by atoms with Crippen molar-refractivity contribution in [1.29, 1.82) is 0 Å². The zero-order valence-electron chi connectivity index (χ0n) is 8.30. The van der Waals surface area contributed by atoms with Crippen LogP contribution in [0.2, 0.25) is 4.55 Å². The molecule has 0 aliphatic rings. The fraction of sp³-hybridized carbons (Fsp3) is 0.778. The lowest BCUT2D eigenvalue weighted by molar-refractivity contribution is -0.0476. The Kier molecular flexibility index (Phi) is 13.4. The van der Waals surface area contributed by atoms with E-state index in [1.54, 1.807) is 0 Å². The van der Waals surface area contributed by atoms with Crippen molar-refractivity contribution in [3.63, 3.8) is 0 Å². The van der Waals surface area contributed by atoms with Gasteiger partial charge in [-0.2, -0.15) is 0 Å². The fourth-order valence-electron chi connectivity index (χ4n) is 0.783. The minimum Gasteiger partial charge on any atom is -0.356 e. The van der Waals surface area contributed by atoms with E-state index in [1.165, 1.54) is 4.55 Å². The van der Waals surface area contributed by atoms with E-state index >= 15 is 0 Å². The Hall–Kier alpha value is 0.716. The first-order valence-corrected chi connectivity index (χ1v) is 7.92. The van der Waals surface area contributed by atoms with Gasteiger partial charge in [-0.15, -0.1) is 4.55 Å². The second kappa shape index (κ2) is 12.7. The highest BCUT2D eigenvalue weighted by atomic mass is 35.5. The Bertz CT molecular complexity index is 120. The average Bonchev–Trinajstić information content (AvgIpc) is 2.16. The van der Waals surface area contributed by atoms with Gasteiger partial charge >= 0.3 is 19.3 Å². The highest BCUT2D eigenvalue weighted by Gasteiger charge is 1.87. The molecule has 0 radical (unpaired) electrons. The maximum atomic E-state index is 5.66. The smallest absolute Gasteiger partial charge is 0.356 e. The van der Waals surface area contributed by atoms with E-state index in [-0.39, 0.29) is 19.3 Å². The van der Waals surface area contributed by atoms with Gasteiger partial charge in [-0.05, 0) is 13.3 Å². The first-order valence-electron chi connectivity index (χ1n) is 4.78. The summed E-state index contributed by atoms with van der Waals surface area (Å²) in [6.07, 6.45) is 6.42. The van der Waals surface area contributed by atoms with E-state index in [4.69, 9.17) is 18.5 Å². The van der Waals surface area contributed by atoms with Crippen molar-refractivity contribution in [3.8, 4) is 0 Å². The molecule has 0 bridgehead atoms. The number of ether oxygens (including phenoxy) is 2. The van der Waals surface area contributed by atoms with Crippen molar-refractivity contribution < 1.29 is 9.47 Å². The Morgan fingerprint density at radius 2 is 2.00 bits per heavy atom. The highest BCUT2D eigenvalue weighted by molar-refractivity contribution is 6.93. The van der Waals surface area contributed by atoms with Gasteiger partial charge in [-0.3, -0.25) is 0 Å². The molecule has 0 spiro atoms. The molecule has 0 unspecified atom stereocenters. The van der Waals surface area contributed by atoms with Crippen LogP contribution >= 0.6 is 9.07 Å². The molecule has 0 N–H and O–H groups in total. The van der Waals surface area contributed by atoms with E-state index in [0.717, 1.165) is 26.1 Å². The zero-order chi connectivity index (χ0) is 9.78. The molecule has 4 heteroatoms. The van der Waals surface area contributed by atoms with Crippen LogP contribution in [0.3, 0.4) is 0 Å². The van der Waals surface area contributed by atoms with E-state index in [2.05, 4.69) is 12.2 Å². The molecule has 2 nitrogen and oxygen atoms in total. The third-order valence-electron chi connectivity index (χ3n) is 1.47. The predicted molar refractivity (Wildman–Crippen MR) is 57.2 cm³/mol. The van der Waals surface area contributed by atoms with Gasteiger partial charge < -0.3 is 18.5 Å². The summed E-state index contributed by atoms with van der Waals surface area (Å²) in [5.41, 5.74) is 0. The molecule has 0 rings (SSSR count). The largest absolute Gasteiger partial charge is 0.501 e. The Labute approximate surface area is 94.1 Å². The fourth-order valence-corrected chi connectivity index (χ4v) is 1.64. The third kappa shape index (κ3) is 12.7. The maximum Gasteiger partial charge on any atom is 0.501 e. The van der Waals surface area contributed by atoms with Crippen LogP contribution in [0, 0.1) is 0 Å². The van der Waals surface area contributed by atoms with Gasteiger partial charge in [0.1, 0.15) is 6.79 Å². The van der Waals surface area contributed by atoms with Gasteiger partial charge in [0.25, 0.3) is 0 Å². The monoisotopic (exact) mass is 216 g/mol. The molecule has 74 valence electrons. The lowest BCUT2D eigenvalue weighted by atomic mass is 10.3. The molecular formula is C9H17ClMgO2. The maximum absolute atomic E-state index is 5.66. The SMILES string of the molecule is CCOCOCC/C=C/C[CH2][Mg][Cl]. The van der Waals surface area contributed by atoms with Crippen LogP contribution in [-0.2, 0) is 9.47 Å². The quantitative estimate of drug-likeness (QED) is 0.256. The summed E-state index contributed by atoms with van der Waals surface area (Å²) >= 11 is -0.267. The van der Waals surface area contributed by atoms with E-state index in [1.807, 2.05) is 6.92 Å². The van der Waals surface area contributed by atoms with Crippen LogP contribution in [0.1, 0.15) is 19.8 Å². The summed E-state index contributed by atoms with van der Waals surface area (Å²) in [7, 11) is 5.66. The number of allylic oxidation sites excluding steroid dienone is 1. The summed E-state index contributed by atoms with van der Waals surface area (Å²) in [4.78, 5) is 0. The number of hydrogen-bond acceptors (Lipinski definition) is 2. The van der Waals surface area contributed by atoms with Crippen molar-refractivity contribution >= 4 is 28.3 Å². The molecule has 0 heterocycles. The van der Waals surface area contributed by atoms with Gasteiger partial charge in [0.15, 0.2) is 0 Å². The third-order valence-corrected chi connectivity index (χ3v) is 2.95. The summed E-state index contributed by atoms with van der Waals surface area (Å²) in [5.74, 6) is 0. The van der Waals surface area contributed by atoms with Crippen LogP contribution in [0.4, 0.5) is 0 Å². The van der Waals surface area contributed by atoms with Gasteiger partial charge in [0.05, 0.1) is 6.61 Å². The summed E-state index contributed by atoms with van der Waals surface area (Å²) < 4.78 is 11.4. The molecule has 0 aromatic heterocycles. The summed E-state index contributed by atoms with van der Waals surface area (Å²) in [5, 5.41) is 0. The van der Waals surface area contributed by atoms with Gasteiger partial charge in [0, 0.05) is 6.61 Å². The van der Waals surface area contributed by atoms with Crippen molar-refractivity contribution in [2.45, 2.75) is 24.3 Å². The molecule has 0 atom stereocenters. The number of halogens is 1. The molecular weight excluding hydrogens is 200 g/mol. The van der Waals surface area contributed by atoms with E-state index in [0.29, 0.717) is 6.79 Å². The molecule has 0 saturated carbocycles. The lowest BCUT2D eigenvalue weighted by Gasteiger charge is -2.00. The molecule has 0 amide bonds. The van der Waals surface area contributed by atoms with Crippen molar-refractivity contribution in [2.24, 2.45) is 0 Å². The molecule has 13 heavy (non-hydrogen) atoms. The normalized spacial score (nSPS) is 10.6. The van der Waals surface area contributed by atoms with E-state index < -0.39 is 0 Å². The topological polar surface area (TPSA) is 18.5 Å². The lowest BCUT2D eigenvalue weighted by Crippen LogP contribution is -1.99. The molecule has 0 aromatic carbocycles. The van der Waals surface area contributed by atoms with Crippen LogP contribution in [0.25, 0.3) is 0 Å². The predicted octanol–water partition coefficient (Wildman–Crippen LogP) is 2.61. The van der Waals surface area contributed by atoms with Gasteiger partial charge in [0.2, 0.25) is 0 Å². The minimum absolute atomic E-state index is 0.267. The standard InChI is InChI=1S/C9H17O2.ClH.Mg/c1-3-5-6-7-8-11-9-10-4-2;;/h5-6H,1,3-4,7-9H2,2H3;1H;/q;;+1/p-1/b6-5+;;. The first-order chi connectivity index (χ1) is 6.41. The van der Waals surface area contributed by atoms with Crippen LogP contribution in [-0.4, -0.2) is 39.3 Å². The second-order valence-electron chi connectivity index (χ2n) is 2.61. The minimum atomic E-state index is -0.267. The van der Waals surface area contributed by atoms with Crippen molar-refractivity contribution in [2.75, 3.05) is 20.0 Å². The number of hydrogen-bond donors (Lipinski definition) is 0. The highest BCUT2D eigenvalue weighted by Crippen LogP contribution is 1.94. The van der Waals surface area contributed by atoms with Gasteiger partial charge in [-0.25, -0.2) is 0 Å². The van der Waals surface area contributed by atoms with Gasteiger partial charge in [-0.1, -0.05) is 18.6 Å². The van der Waals surface area contributed by atoms with Crippen LogP contribution in [0.5, 0.6) is 0 Å². The molecule has 0 saturated heterocycles. The Morgan fingerprint density at radius 1 is 1.23 bits per heavy atom. The van der Waals surface area contributed by atoms with Crippen LogP contribution < -0.4 is 0 Å². The molecule has 0 aliphatic heterocycles. The Morgan fingerprint density at radius 3 is 2.69 bits per heavy atom. The average molecular weight is 217 g/mol. The number of rotatable bonds is 9. The molecule has 0 fully saturated rings. The van der Waals surface area contributed by atoms with E-state index in [9.17, 15) is 0 Å². The second-order valence-corrected chi connectivity index (χ2v) is 4.83. The molecule has 0 aromatic rings. The van der Waals surface area contributed by atoms with Crippen molar-refractivity contribution in [3.05, 3.63) is 12.2 Å². The van der Waals surface area contributed by atoms with Crippen LogP contribution in [0.15, 0.2) is 12.2 Å². The first kappa shape index (κ1) is 13.7. The Balaban J connectivity index is 2.93. The molecule has 0 aliphatic carbocycles. The summed E-state index contributed by atoms with van der Waals surface area (Å²) in [6.45, 7) is 3.84. The van der Waals surface area contributed by atoms with Crippen molar-refractivity contribution in [1.82, 2.24) is 0 Å². The summed E-state index contributed by atoms with van der Waals surface area (Å²) in [6, 6.07) is 0.